The molecule has 1 aliphatic carbocycles. The van der Waals surface area contributed by atoms with Crippen LogP contribution in [0.2, 0.25) is 0 Å². The minimum absolute atomic E-state index is 0.408. The van der Waals surface area contributed by atoms with Gasteiger partial charge >= 0.3 is 0 Å². The molecular formula is C17H31N5O. The van der Waals surface area contributed by atoms with Gasteiger partial charge in [-0.15, -0.1) is 0 Å². The Balaban J connectivity index is 1.77. The van der Waals surface area contributed by atoms with Gasteiger partial charge in [-0.25, -0.2) is 4.99 Å². The summed E-state index contributed by atoms with van der Waals surface area (Å²) in [6.45, 7) is 7.36. The Labute approximate surface area is 139 Å². The van der Waals surface area contributed by atoms with Crippen molar-refractivity contribution >= 4 is 5.96 Å². The molecule has 0 aromatic carbocycles. The van der Waals surface area contributed by atoms with E-state index in [1.54, 1.807) is 0 Å². The molecule has 0 saturated heterocycles. The van der Waals surface area contributed by atoms with Crippen LogP contribution in [0.25, 0.3) is 0 Å². The third-order valence-electron chi connectivity index (χ3n) is 4.40. The van der Waals surface area contributed by atoms with Gasteiger partial charge in [-0.1, -0.05) is 37.3 Å². The van der Waals surface area contributed by atoms with Crippen molar-refractivity contribution in [1.29, 1.82) is 0 Å². The Morgan fingerprint density at radius 3 is 2.78 bits per heavy atom. The lowest BCUT2D eigenvalue weighted by Gasteiger charge is -2.24. The Morgan fingerprint density at radius 2 is 2.13 bits per heavy atom. The third kappa shape index (κ3) is 6.59. The van der Waals surface area contributed by atoms with Crippen LogP contribution in [-0.2, 0) is 6.54 Å². The zero-order valence-electron chi connectivity index (χ0n) is 14.8. The molecule has 1 unspecified atom stereocenters. The van der Waals surface area contributed by atoms with Gasteiger partial charge in [0.25, 0.3) is 0 Å². The number of hydrogen-bond acceptors (Lipinski definition) is 4. The van der Waals surface area contributed by atoms with E-state index >= 15 is 0 Å². The molecule has 0 radical (unpaired) electrons. The normalized spacial score (nSPS) is 18.0. The summed E-state index contributed by atoms with van der Waals surface area (Å²) in [7, 11) is 0. The van der Waals surface area contributed by atoms with Gasteiger partial charge in [-0.05, 0) is 39.5 Å². The number of hydrogen-bond donors (Lipinski definition) is 2. The molecule has 2 N–H and O–H groups in total. The average molecular weight is 321 g/mol. The maximum atomic E-state index is 5.10. The van der Waals surface area contributed by atoms with Gasteiger partial charge in [0.15, 0.2) is 11.8 Å². The molecule has 1 fully saturated rings. The van der Waals surface area contributed by atoms with Gasteiger partial charge in [-0.3, -0.25) is 0 Å². The van der Waals surface area contributed by atoms with Crippen molar-refractivity contribution in [3.63, 3.8) is 0 Å². The van der Waals surface area contributed by atoms with E-state index in [1.807, 2.05) is 6.92 Å². The monoisotopic (exact) mass is 321 g/mol. The van der Waals surface area contributed by atoms with Crippen LogP contribution in [0.1, 0.15) is 70.5 Å². The molecule has 23 heavy (non-hydrogen) atoms. The quantitative estimate of drug-likeness (QED) is 0.596. The topological polar surface area (TPSA) is 75.3 Å². The average Bonchev–Trinajstić information content (AvgIpc) is 2.97. The second-order valence-corrected chi connectivity index (χ2v) is 6.56. The maximum Gasteiger partial charge on any atom is 0.248 e. The van der Waals surface area contributed by atoms with E-state index in [2.05, 4.69) is 39.6 Å². The first kappa shape index (κ1) is 17.8. The molecule has 6 heteroatoms. The van der Waals surface area contributed by atoms with Crippen LogP contribution in [-0.4, -0.2) is 28.7 Å². The van der Waals surface area contributed by atoms with Crippen LogP contribution in [0.5, 0.6) is 0 Å². The number of nitrogens with one attached hydrogen (secondary N) is 2. The second-order valence-electron chi connectivity index (χ2n) is 6.56. The zero-order valence-corrected chi connectivity index (χ0v) is 14.8. The maximum absolute atomic E-state index is 5.10. The smallest absolute Gasteiger partial charge is 0.248 e. The first-order valence-corrected chi connectivity index (χ1v) is 9.01. The van der Waals surface area contributed by atoms with E-state index < -0.39 is 0 Å². The molecule has 1 saturated carbocycles. The van der Waals surface area contributed by atoms with Crippen LogP contribution >= 0.6 is 0 Å². The van der Waals surface area contributed by atoms with Gasteiger partial charge in [0.05, 0.1) is 0 Å². The van der Waals surface area contributed by atoms with E-state index in [4.69, 9.17) is 4.52 Å². The van der Waals surface area contributed by atoms with Crippen LogP contribution in [0.4, 0.5) is 0 Å². The van der Waals surface area contributed by atoms with E-state index in [9.17, 15) is 0 Å². The van der Waals surface area contributed by atoms with Crippen LogP contribution in [0, 0.1) is 12.8 Å². The lowest BCUT2D eigenvalue weighted by molar-refractivity contribution is 0.322. The van der Waals surface area contributed by atoms with Gasteiger partial charge in [-0.2, -0.15) is 4.98 Å². The minimum Gasteiger partial charge on any atom is -0.357 e. The van der Waals surface area contributed by atoms with E-state index in [0.717, 1.165) is 18.4 Å². The van der Waals surface area contributed by atoms with Gasteiger partial charge < -0.3 is 15.2 Å². The van der Waals surface area contributed by atoms with Gasteiger partial charge in [0, 0.05) is 12.6 Å². The summed E-state index contributed by atoms with van der Waals surface area (Å²) >= 11 is 0. The van der Waals surface area contributed by atoms with E-state index in [0.29, 0.717) is 24.3 Å². The molecule has 0 amide bonds. The molecule has 1 aliphatic rings. The van der Waals surface area contributed by atoms with Crippen molar-refractivity contribution in [1.82, 2.24) is 20.8 Å². The lowest BCUT2D eigenvalue weighted by Crippen LogP contribution is -2.42. The second kappa shape index (κ2) is 9.53. The zero-order chi connectivity index (χ0) is 16.5. The highest BCUT2D eigenvalue weighted by molar-refractivity contribution is 5.79. The first-order chi connectivity index (χ1) is 11.2. The number of aliphatic imine (C=N–C) groups is 1. The van der Waals surface area contributed by atoms with Crippen molar-refractivity contribution in [2.24, 2.45) is 10.9 Å². The standard InChI is InChI=1S/C17H31N5O/c1-4-18-17(19-12-16-21-14(3)22-23-16)20-13(2)10-11-15-8-6-5-7-9-15/h13,15H,4-12H2,1-3H3,(H2,18,19,20). The van der Waals surface area contributed by atoms with Crippen LogP contribution < -0.4 is 10.6 Å². The molecule has 1 aromatic heterocycles. The summed E-state index contributed by atoms with van der Waals surface area (Å²) < 4.78 is 5.10. The van der Waals surface area contributed by atoms with E-state index in [-0.39, 0.29) is 0 Å². The van der Waals surface area contributed by atoms with Crippen molar-refractivity contribution in [2.45, 2.75) is 78.3 Å². The molecule has 6 nitrogen and oxygen atoms in total. The van der Waals surface area contributed by atoms with Crippen molar-refractivity contribution in [3.8, 4) is 0 Å². The molecule has 0 bridgehead atoms. The highest BCUT2D eigenvalue weighted by Crippen LogP contribution is 2.27. The number of aryl methyl sites for hydroxylation is 1. The summed E-state index contributed by atoms with van der Waals surface area (Å²) in [6, 6.07) is 0.416. The lowest BCUT2D eigenvalue weighted by atomic mass is 9.85. The molecule has 1 atom stereocenters. The summed E-state index contributed by atoms with van der Waals surface area (Å²) in [5.74, 6) is 2.94. The fourth-order valence-corrected chi connectivity index (χ4v) is 3.14. The summed E-state index contributed by atoms with van der Waals surface area (Å²) in [5, 5.41) is 10.5. The summed E-state index contributed by atoms with van der Waals surface area (Å²) in [4.78, 5) is 8.71. The molecule has 1 aromatic rings. The first-order valence-electron chi connectivity index (χ1n) is 9.01. The largest absolute Gasteiger partial charge is 0.357 e. The predicted octanol–water partition coefficient (Wildman–Crippen LogP) is 3.18. The number of guanidine groups is 1. The molecule has 130 valence electrons. The van der Waals surface area contributed by atoms with Gasteiger partial charge in [0.1, 0.15) is 6.54 Å². The van der Waals surface area contributed by atoms with Crippen LogP contribution in [0.3, 0.4) is 0 Å². The minimum atomic E-state index is 0.408. The Hall–Kier alpha value is -1.59. The fraction of sp³-hybridized carbons (Fsp3) is 0.824. The molecular weight excluding hydrogens is 290 g/mol. The highest BCUT2D eigenvalue weighted by atomic mass is 16.5. The summed E-state index contributed by atoms with van der Waals surface area (Å²) in [6.07, 6.45) is 9.59. The predicted molar refractivity (Wildman–Crippen MR) is 92.3 cm³/mol. The Bertz CT molecular complexity index is 479. The third-order valence-corrected chi connectivity index (χ3v) is 4.40. The molecule has 1 heterocycles. The molecule has 0 aliphatic heterocycles. The number of aromatic nitrogens is 2. The van der Waals surface area contributed by atoms with Gasteiger partial charge in [0.2, 0.25) is 5.89 Å². The van der Waals surface area contributed by atoms with Crippen molar-refractivity contribution in [2.75, 3.05) is 6.54 Å². The van der Waals surface area contributed by atoms with Crippen molar-refractivity contribution in [3.05, 3.63) is 11.7 Å². The Morgan fingerprint density at radius 1 is 1.35 bits per heavy atom. The number of rotatable bonds is 7. The highest BCUT2D eigenvalue weighted by Gasteiger charge is 2.15. The van der Waals surface area contributed by atoms with Crippen LogP contribution in [0.15, 0.2) is 9.52 Å². The number of nitrogens with zero attached hydrogens (tertiary/aromatic N) is 3. The van der Waals surface area contributed by atoms with Crippen molar-refractivity contribution < 1.29 is 4.52 Å². The molecule has 2 rings (SSSR count). The van der Waals surface area contributed by atoms with E-state index in [1.165, 1.54) is 44.9 Å². The molecule has 0 spiro atoms. The Kier molecular flexibility index (Phi) is 7.36. The summed E-state index contributed by atoms with van der Waals surface area (Å²) in [5.41, 5.74) is 0. The fourth-order valence-electron chi connectivity index (χ4n) is 3.14. The SMILES string of the molecule is CCNC(=NCc1nc(C)no1)NC(C)CCC1CCCCC1.